The summed E-state index contributed by atoms with van der Waals surface area (Å²) in [4.78, 5) is 2.42. The first-order valence-corrected chi connectivity index (χ1v) is 14.0. The topological polar surface area (TPSA) is 3.24 Å². The molecule has 0 bridgehead atoms. The second-order valence-electron chi connectivity index (χ2n) is 11.0. The van der Waals surface area contributed by atoms with Gasteiger partial charge in [0.05, 0.1) is 5.69 Å². The molecular formula is C39H31N. The number of anilines is 3. The minimum Gasteiger partial charge on any atom is -0.310 e. The van der Waals surface area contributed by atoms with Crippen LogP contribution in [0.3, 0.4) is 0 Å². The van der Waals surface area contributed by atoms with Gasteiger partial charge in [0.2, 0.25) is 0 Å². The maximum Gasteiger partial charge on any atom is 0.0543 e. The quantitative estimate of drug-likeness (QED) is 0.222. The molecule has 0 aliphatic heterocycles. The second-order valence-corrected chi connectivity index (χ2v) is 11.0. The number of hydrogen-bond acceptors (Lipinski definition) is 1. The zero-order chi connectivity index (χ0) is 27.1. The number of benzene rings is 6. The van der Waals surface area contributed by atoms with E-state index in [0.29, 0.717) is 0 Å². The van der Waals surface area contributed by atoms with E-state index in [-0.39, 0.29) is 5.41 Å². The van der Waals surface area contributed by atoms with E-state index >= 15 is 0 Å². The summed E-state index contributed by atoms with van der Waals surface area (Å²) in [6.45, 7) is 4.68. The first-order chi connectivity index (χ1) is 19.6. The van der Waals surface area contributed by atoms with Crippen LogP contribution in [-0.4, -0.2) is 0 Å². The second kappa shape index (κ2) is 9.70. The third-order valence-corrected chi connectivity index (χ3v) is 8.29. The van der Waals surface area contributed by atoms with Gasteiger partial charge in [-0.05, 0) is 69.3 Å². The first-order valence-electron chi connectivity index (χ1n) is 14.0. The van der Waals surface area contributed by atoms with Gasteiger partial charge < -0.3 is 4.90 Å². The van der Waals surface area contributed by atoms with Crippen LogP contribution >= 0.6 is 0 Å². The summed E-state index contributed by atoms with van der Waals surface area (Å²) in [5.41, 5.74) is 13.7. The van der Waals surface area contributed by atoms with Crippen molar-refractivity contribution in [3.63, 3.8) is 0 Å². The molecule has 1 aliphatic rings. The fourth-order valence-electron chi connectivity index (χ4n) is 6.22. The van der Waals surface area contributed by atoms with Crippen molar-refractivity contribution >= 4 is 17.1 Å². The molecule has 0 amide bonds. The largest absolute Gasteiger partial charge is 0.310 e. The average Bonchev–Trinajstić information content (AvgIpc) is 3.26. The van der Waals surface area contributed by atoms with E-state index in [2.05, 4.69) is 170 Å². The fraction of sp³-hybridized carbons (Fsp3) is 0.0769. The van der Waals surface area contributed by atoms with Gasteiger partial charge in [0, 0.05) is 22.4 Å². The van der Waals surface area contributed by atoms with Gasteiger partial charge in [0.1, 0.15) is 0 Å². The molecule has 40 heavy (non-hydrogen) atoms. The maximum atomic E-state index is 2.42. The van der Waals surface area contributed by atoms with Gasteiger partial charge in [-0.2, -0.15) is 0 Å². The van der Waals surface area contributed by atoms with E-state index in [1.54, 1.807) is 0 Å². The Morgan fingerprint density at radius 1 is 0.400 bits per heavy atom. The van der Waals surface area contributed by atoms with Gasteiger partial charge in [0.25, 0.3) is 0 Å². The molecule has 1 nitrogen and oxygen atoms in total. The normalized spacial score (nSPS) is 12.9. The maximum absolute atomic E-state index is 2.42. The van der Waals surface area contributed by atoms with E-state index in [0.717, 1.165) is 11.4 Å². The fourth-order valence-corrected chi connectivity index (χ4v) is 6.22. The minimum absolute atomic E-state index is 0.0536. The van der Waals surface area contributed by atoms with Crippen LogP contribution < -0.4 is 4.90 Å². The standard InChI is InChI=1S/C39H31N/c1-39(2)35-17-10-9-16-34(35)38-36(39)18-11-19-37(38)40(32-24-20-30(21-25-32)28-12-5-3-6-13-28)33-26-22-31(23-27-33)29-14-7-4-8-15-29/h3-27H,1-2H3. The van der Waals surface area contributed by atoms with Crippen LogP contribution in [0.1, 0.15) is 25.0 Å². The lowest BCUT2D eigenvalue weighted by Crippen LogP contribution is -2.16. The van der Waals surface area contributed by atoms with Crippen LogP contribution in [0.2, 0.25) is 0 Å². The lowest BCUT2D eigenvalue weighted by molar-refractivity contribution is 0.660. The van der Waals surface area contributed by atoms with Crippen molar-refractivity contribution in [3.05, 3.63) is 163 Å². The van der Waals surface area contributed by atoms with Crippen LogP contribution in [0.25, 0.3) is 33.4 Å². The zero-order valence-electron chi connectivity index (χ0n) is 22.9. The molecule has 0 saturated carbocycles. The Labute approximate surface area is 237 Å². The van der Waals surface area contributed by atoms with Crippen LogP contribution in [0.4, 0.5) is 17.1 Å². The summed E-state index contributed by atoms with van der Waals surface area (Å²) >= 11 is 0. The van der Waals surface area contributed by atoms with Crippen molar-refractivity contribution in [3.8, 4) is 33.4 Å². The summed E-state index contributed by atoms with van der Waals surface area (Å²) in [7, 11) is 0. The highest BCUT2D eigenvalue weighted by Crippen LogP contribution is 2.54. The lowest BCUT2D eigenvalue weighted by Gasteiger charge is -2.29. The summed E-state index contributed by atoms with van der Waals surface area (Å²) in [5.74, 6) is 0. The Morgan fingerprint density at radius 3 is 1.40 bits per heavy atom. The Morgan fingerprint density at radius 2 is 0.850 bits per heavy atom. The molecule has 0 fully saturated rings. The van der Waals surface area contributed by atoms with E-state index in [1.807, 2.05) is 0 Å². The van der Waals surface area contributed by atoms with Gasteiger partial charge in [0.15, 0.2) is 0 Å². The summed E-state index contributed by atoms with van der Waals surface area (Å²) in [6, 6.07) is 54.8. The summed E-state index contributed by atoms with van der Waals surface area (Å²) in [6.07, 6.45) is 0. The van der Waals surface area contributed by atoms with E-state index in [4.69, 9.17) is 0 Å². The lowest BCUT2D eigenvalue weighted by atomic mass is 9.82. The van der Waals surface area contributed by atoms with Crippen LogP contribution in [-0.2, 0) is 5.41 Å². The van der Waals surface area contributed by atoms with Gasteiger partial charge in [-0.3, -0.25) is 0 Å². The predicted octanol–water partition coefficient (Wildman–Crippen LogP) is 10.8. The Balaban J connectivity index is 1.40. The molecular weight excluding hydrogens is 482 g/mol. The Kier molecular flexibility index (Phi) is 5.86. The SMILES string of the molecule is CC1(C)c2ccccc2-c2c(N(c3ccc(-c4ccccc4)cc3)c3ccc(-c4ccccc4)cc3)cccc21. The number of fused-ring (bicyclic) bond motifs is 3. The predicted molar refractivity (Wildman–Crippen MR) is 170 cm³/mol. The molecule has 0 saturated heterocycles. The van der Waals surface area contributed by atoms with Crippen molar-refractivity contribution < 1.29 is 0 Å². The molecule has 0 N–H and O–H groups in total. The third kappa shape index (κ3) is 4.03. The average molecular weight is 514 g/mol. The van der Waals surface area contributed by atoms with Crippen molar-refractivity contribution in [2.24, 2.45) is 0 Å². The van der Waals surface area contributed by atoms with E-state index < -0.39 is 0 Å². The molecule has 0 atom stereocenters. The third-order valence-electron chi connectivity index (χ3n) is 8.29. The molecule has 1 aliphatic carbocycles. The Bertz CT molecular complexity index is 1700. The highest BCUT2D eigenvalue weighted by Gasteiger charge is 2.37. The van der Waals surface area contributed by atoms with Crippen LogP contribution in [0, 0.1) is 0 Å². The number of hydrogen-bond donors (Lipinski definition) is 0. The van der Waals surface area contributed by atoms with E-state index in [1.165, 1.54) is 50.2 Å². The van der Waals surface area contributed by atoms with Gasteiger partial charge in [-0.25, -0.2) is 0 Å². The molecule has 6 aromatic carbocycles. The Hall–Kier alpha value is -4.88. The van der Waals surface area contributed by atoms with E-state index in [9.17, 15) is 0 Å². The van der Waals surface area contributed by atoms with Gasteiger partial charge in [-0.15, -0.1) is 0 Å². The number of rotatable bonds is 5. The van der Waals surface area contributed by atoms with Crippen LogP contribution in [0.5, 0.6) is 0 Å². The molecule has 7 rings (SSSR count). The van der Waals surface area contributed by atoms with Crippen molar-refractivity contribution in [1.29, 1.82) is 0 Å². The molecule has 0 radical (unpaired) electrons. The van der Waals surface area contributed by atoms with Gasteiger partial charge >= 0.3 is 0 Å². The molecule has 0 aromatic heterocycles. The minimum atomic E-state index is -0.0536. The molecule has 1 heteroatoms. The summed E-state index contributed by atoms with van der Waals surface area (Å²) < 4.78 is 0. The highest BCUT2D eigenvalue weighted by atomic mass is 15.1. The first kappa shape index (κ1) is 24.2. The monoisotopic (exact) mass is 513 g/mol. The van der Waals surface area contributed by atoms with Crippen molar-refractivity contribution in [2.75, 3.05) is 4.90 Å². The highest BCUT2D eigenvalue weighted by molar-refractivity contribution is 5.95. The molecule has 0 unspecified atom stereocenters. The van der Waals surface area contributed by atoms with Crippen molar-refractivity contribution in [1.82, 2.24) is 0 Å². The molecule has 0 heterocycles. The van der Waals surface area contributed by atoms with Crippen LogP contribution in [0.15, 0.2) is 152 Å². The van der Waals surface area contributed by atoms with Crippen molar-refractivity contribution in [2.45, 2.75) is 19.3 Å². The molecule has 0 spiro atoms. The number of nitrogens with zero attached hydrogens (tertiary/aromatic N) is 1. The zero-order valence-corrected chi connectivity index (χ0v) is 22.9. The smallest absolute Gasteiger partial charge is 0.0543 e. The molecule has 192 valence electrons. The van der Waals surface area contributed by atoms with Gasteiger partial charge in [-0.1, -0.05) is 135 Å². The summed E-state index contributed by atoms with van der Waals surface area (Å²) in [5, 5.41) is 0. The molecule has 6 aromatic rings.